The first kappa shape index (κ1) is 13.9. The molecule has 0 aliphatic carbocycles. The van der Waals surface area contributed by atoms with E-state index in [1.165, 1.54) is 0 Å². The summed E-state index contributed by atoms with van der Waals surface area (Å²) in [5, 5.41) is -0.480. The maximum atomic E-state index is 12.0. The number of hydrogen-bond acceptors (Lipinski definition) is 4. The van der Waals surface area contributed by atoms with Crippen LogP contribution in [0.4, 0.5) is 0 Å². The molecule has 0 aromatic rings. The van der Waals surface area contributed by atoms with Crippen molar-refractivity contribution in [1.29, 1.82) is 0 Å². The average Bonchev–Trinajstić information content (AvgIpc) is 2.29. The highest BCUT2D eigenvalue weighted by Gasteiger charge is 2.31. The van der Waals surface area contributed by atoms with Crippen molar-refractivity contribution in [2.75, 3.05) is 33.4 Å². The van der Waals surface area contributed by atoms with Crippen molar-refractivity contribution in [3.05, 3.63) is 0 Å². The summed E-state index contributed by atoms with van der Waals surface area (Å²) in [6, 6.07) is 0. The van der Waals surface area contributed by atoms with Gasteiger partial charge >= 0.3 is 0 Å². The number of rotatable bonds is 5. The summed E-state index contributed by atoms with van der Waals surface area (Å²) in [5.41, 5.74) is 5.41. The minimum atomic E-state index is -3.18. The third-order valence-corrected chi connectivity index (χ3v) is 5.47. The van der Waals surface area contributed by atoms with E-state index >= 15 is 0 Å². The van der Waals surface area contributed by atoms with Gasteiger partial charge in [-0.25, -0.2) is 12.7 Å². The van der Waals surface area contributed by atoms with Gasteiger partial charge in [0.2, 0.25) is 10.0 Å². The monoisotopic (exact) mass is 250 g/mol. The van der Waals surface area contributed by atoms with Crippen LogP contribution in [0.3, 0.4) is 0 Å². The molecular weight excluding hydrogens is 228 g/mol. The molecule has 1 unspecified atom stereocenters. The van der Waals surface area contributed by atoms with Crippen LogP contribution in [0.1, 0.15) is 19.8 Å². The number of piperidine rings is 1. The van der Waals surface area contributed by atoms with E-state index in [1.54, 1.807) is 18.3 Å². The van der Waals surface area contributed by atoms with E-state index in [0.29, 0.717) is 19.0 Å². The Morgan fingerprint density at radius 1 is 1.44 bits per heavy atom. The molecule has 0 aromatic carbocycles. The molecular formula is C10H22N2O3S. The van der Waals surface area contributed by atoms with Crippen LogP contribution in [0.15, 0.2) is 0 Å². The zero-order valence-electron chi connectivity index (χ0n) is 10.1. The Bertz CT molecular complexity index is 297. The third-order valence-electron chi connectivity index (χ3n) is 3.18. The molecule has 0 bridgehead atoms. The molecule has 1 fully saturated rings. The maximum absolute atomic E-state index is 12.0. The van der Waals surface area contributed by atoms with Crippen molar-refractivity contribution >= 4 is 10.0 Å². The SMILES string of the molecule is COCC1CCN(S(=O)(=O)C(C)CN)CC1. The van der Waals surface area contributed by atoms with Crippen LogP contribution in [-0.2, 0) is 14.8 Å². The van der Waals surface area contributed by atoms with E-state index in [-0.39, 0.29) is 6.54 Å². The highest BCUT2D eigenvalue weighted by Crippen LogP contribution is 2.21. The van der Waals surface area contributed by atoms with Gasteiger partial charge in [-0.2, -0.15) is 0 Å². The molecule has 2 N–H and O–H groups in total. The highest BCUT2D eigenvalue weighted by atomic mass is 32.2. The fraction of sp³-hybridized carbons (Fsp3) is 1.00. The van der Waals surface area contributed by atoms with E-state index < -0.39 is 15.3 Å². The average molecular weight is 250 g/mol. The fourth-order valence-electron chi connectivity index (χ4n) is 1.94. The Balaban J connectivity index is 2.53. The predicted octanol–water partition coefficient (Wildman–Crippen LogP) is 0.0218. The molecule has 96 valence electrons. The molecule has 16 heavy (non-hydrogen) atoms. The van der Waals surface area contributed by atoms with Gasteiger partial charge in [-0.15, -0.1) is 0 Å². The van der Waals surface area contributed by atoms with Crippen molar-refractivity contribution in [2.24, 2.45) is 11.7 Å². The Kier molecular flexibility index (Phi) is 5.17. The summed E-state index contributed by atoms with van der Waals surface area (Å²) in [4.78, 5) is 0. The summed E-state index contributed by atoms with van der Waals surface area (Å²) >= 11 is 0. The van der Waals surface area contributed by atoms with Gasteiger partial charge in [-0.3, -0.25) is 0 Å². The minimum Gasteiger partial charge on any atom is -0.384 e. The molecule has 1 rings (SSSR count). The Morgan fingerprint density at radius 2 is 2.00 bits per heavy atom. The van der Waals surface area contributed by atoms with E-state index in [0.717, 1.165) is 19.4 Å². The van der Waals surface area contributed by atoms with Crippen LogP contribution in [0, 0.1) is 5.92 Å². The maximum Gasteiger partial charge on any atom is 0.217 e. The van der Waals surface area contributed by atoms with Crippen LogP contribution in [0.5, 0.6) is 0 Å². The number of hydrogen-bond donors (Lipinski definition) is 1. The lowest BCUT2D eigenvalue weighted by molar-refractivity contribution is 0.121. The number of ether oxygens (including phenoxy) is 1. The van der Waals surface area contributed by atoms with Crippen LogP contribution >= 0.6 is 0 Å². The van der Waals surface area contributed by atoms with Crippen molar-refractivity contribution in [3.63, 3.8) is 0 Å². The van der Waals surface area contributed by atoms with Gasteiger partial charge in [-0.05, 0) is 25.7 Å². The molecule has 0 saturated carbocycles. The van der Waals surface area contributed by atoms with Gasteiger partial charge in [0.15, 0.2) is 0 Å². The Morgan fingerprint density at radius 3 is 2.44 bits per heavy atom. The van der Waals surface area contributed by atoms with E-state index in [1.807, 2.05) is 0 Å². The third kappa shape index (κ3) is 3.16. The second kappa shape index (κ2) is 5.95. The molecule has 1 aliphatic rings. The van der Waals surface area contributed by atoms with Gasteiger partial charge < -0.3 is 10.5 Å². The Hall–Kier alpha value is -0.170. The first-order valence-corrected chi connectivity index (χ1v) is 7.20. The topological polar surface area (TPSA) is 72.6 Å². The van der Waals surface area contributed by atoms with Crippen LogP contribution in [0.2, 0.25) is 0 Å². The van der Waals surface area contributed by atoms with Crippen molar-refractivity contribution in [1.82, 2.24) is 4.31 Å². The van der Waals surface area contributed by atoms with Crippen LogP contribution in [0.25, 0.3) is 0 Å². The van der Waals surface area contributed by atoms with Gasteiger partial charge in [0, 0.05) is 33.4 Å². The predicted molar refractivity (Wildman–Crippen MR) is 63.6 cm³/mol. The first-order valence-electron chi connectivity index (χ1n) is 5.70. The standard InChI is InChI=1S/C10H22N2O3S/c1-9(7-11)16(13,14)12-5-3-10(4-6-12)8-15-2/h9-10H,3-8,11H2,1-2H3. The van der Waals surface area contributed by atoms with E-state index in [9.17, 15) is 8.42 Å². The smallest absolute Gasteiger partial charge is 0.217 e. The van der Waals surface area contributed by atoms with Gasteiger partial charge in [0.25, 0.3) is 0 Å². The zero-order valence-corrected chi connectivity index (χ0v) is 10.9. The van der Waals surface area contributed by atoms with Crippen molar-refractivity contribution < 1.29 is 13.2 Å². The molecule has 1 aliphatic heterocycles. The normalized spacial score (nSPS) is 22.2. The molecule has 0 aromatic heterocycles. The number of nitrogens with two attached hydrogens (primary N) is 1. The lowest BCUT2D eigenvalue weighted by Crippen LogP contribution is -2.45. The minimum absolute atomic E-state index is 0.181. The van der Waals surface area contributed by atoms with Crippen LogP contribution < -0.4 is 5.73 Å². The fourth-order valence-corrected chi connectivity index (χ4v) is 3.41. The lowest BCUT2D eigenvalue weighted by atomic mass is 9.99. The zero-order chi connectivity index (χ0) is 12.2. The molecule has 1 saturated heterocycles. The quantitative estimate of drug-likeness (QED) is 0.746. The Labute approximate surface area is 98.0 Å². The lowest BCUT2D eigenvalue weighted by Gasteiger charge is -2.32. The van der Waals surface area contributed by atoms with Gasteiger partial charge in [-0.1, -0.05) is 0 Å². The number of sulfonamides is 1. The molecule has 0 radical (unpaired) electrons. The van der Waals surface area contributed by atoms with E-state index in [2.05, 4.69) is 0 Å². The summed E-state index contributed by atoms with van der Waals surface area (Å²) in [5.74, 6) is 0.490. The van der Waals surface area contributed by atoms with Crippen molar-refractivity contribution in [2.45, 2.75) is 25.0 Å². The largest absolute Gasteiger partial charge is 0.384 e. The number of methoxy groups -OCH3 is 1. The first-order chi connectivity index (χ1) is 7.52. The second-order valence-corrected chi connectivity index (χ2v) is 6.74. The second-order valence-electron chi connectivity index (χ2n) is 4.39. The summed E-state index contributed by atoms with van der Waals surface area (Å²) in [6.07, 6.45) is 1.76. The van der Waals surface area contributed by atoms with E-state index in [4.69, 9.17) is 10.5 Å². The summed E-state index contributed by atoms with van der Waals surface area (Å²) < 4.78 is 30.6. The molecule has 0 spiro atoms. The molecule has 1 heterocycles. The number of nitrogens with zero attached hydrogens (tertiary/aromatic N) is 1. The highest BCUT2D eigenvalue weighted by molar-refractivity contribution is 7.89. The summed E-state index contributed by atoms with van der Waals surface area (Å²) in [7, 11) is -1.50. The molecule has 1 atom stereocenters. The molecule has 5 nitrogen and oxygen atoms in total. The van der Waals surface area contributed by atoms with Crippen molar-refractivity contribution in [3.8, 4) is 0 Å². The summed E-state index contributed by atoms with van der Waals surface area (Å²) in [6.45, 7) is 3.76. The van der Waals surface area contributed by atoms with Crippen LogP contribution in [-0.4, -0.2) is 51.3 Å². The molecule has 6 heteroatoms. The molecule has 0 amide bonds. The van der Waals surface area contributed by atoms with Gasteiger partial charge in [0.1, 0.15) is 0 Å². The van der Waals surface area contributed by atoms with Gasteiger partial charge in [0.05, 0.1) is 5.25 Å².